The predicted molar refractivity (Wildman–Crippen MR) is 112 cm³/mol. The Morgan fingerprint density at radius 1 is 0.966 bits per heavy atom. The number of nitrogens with zero attached hydrogens (tertiary/aromatic N) is 1. The molecule has 0 unspecified atom stereocenters. The molecule has 1 amide bonds. The lowest BCUT2D eigenvalue weighted by molar-refractivity contribution is 0.102. The first kappa shape index (κ1) is 19.0. The highest BCUT2D eigenvalue weighted by Gasteiger charge is 2.29. The number of benzene rings is 3. The maximum Gasteiger partial charge on any atom is 0.264 e. The van der Waals surface area contributed by atoms with E-state index in [0.717, 1.165) is 18.4 Å². The molecule has 0 saturated heterocycles. The summed E-state index contributed by atoms with van der Waals surface area (Å²) in [4.78, 5) is 12.6. The second-order valence-electron chi connectivity index (χ2n) is 6.84. The third-order valence-electron chi connectivity index (χ3n) is 4.86. The molecule has 1 aliphatic heterocycles. The van der Waals surface area contributed by atoms with Crippen LogP contribution in [0.5, 0.6) is 5.75 Å². The molecule has 7 heteroatoms. The van der Waals surface area contributed by atoms with Gasteiger partial charge in [-0.3, -0.25) is 9.10 Å². The highest BCUT2D eigenvalue weighted by Crippen LogP contribution is 2.32. The molecule has 6 nitrogen and oxygen atoms in total. The van der Waals surface area contributed by atoms with Gasteiger partial charge >= 0.3 is 0 Å². The van der Waals surface area contributed by atoms with Crippen molar-refractivity contribution in [1.82, 2.24) is 0 Å². The minimum absolute atomic E-state index is 0.0305. The van der Waals surface area contributed by atoms with Gasteiger partial charge in [0.05, 0.1) is 10.6 Å². The molecule has 1 heterocycles. The predicted octanol–water partition coefficient (Wildman–Crippen LogP) is 3.79. The summed E-state index contributed by atoms with van der Waals surface area (Å²) in [7, 11) is -3.80. The number of fused-ring (bicyclic) bond motifs is 1. The summed E-state index contributed by atoms with van der Waals surface area (Å²) < 4.78 is 28.0. The molecule has 2 N–H and O–H groups in total. The van der Waals surface area contributed by atoms with Crippen molar-refractivity contribution in [3.05, 3.63) is 83.9 Å². The minimum atomic E-state index is -3.80. The Balaban J connectivity index is 1.64. The number of amides is 1. The summed E-state index contributed by atoms with van der Waals surface area (Å²) in [5.74, 6) is -0.422. The van der Waals surface area contributed by atoms with Crippen LogP contribution in [0.4, 0.5) is 11.4 Å². The monoisotopic (exact) mass is 408 g/mol. The van der Waals surface area contributed by atoms with Crippen LogP contribution in [0.25, 0.3) is 0 Å². The Morgan fingerprint density at radius 3 is 2.59 bits per heavy atom. The van der Waals surface area contributed by atoms with Crippen LogP contribution in [0.3, 0.4) is 0 Å². The van der Waals surface area contributed by atoms with Crippen LogP contribution in [0.1, 0.15) is 22.3 Å². The zero-order valence-corrected chi connectivity index (χ0v) is 16.4. The Bertz CT molecular complexity index is 1170. The van der Waals surface area contributed by atoms with Gasteiger partial charge in [-0.25, -0.2) is 8.42 Å². The van der Waals surface area contributed by atoms with E-state index >= 15 is 0 Å². The zero-order chi connectivity index (χ0) is 20.4. The van der Waals surface area contributed by atoms with E-state index in [2.05, 4.69) is 5.32 Å². The van der Waals surface area contributed by atoms with E-state index < -0.39 is 15.9 Å². The van der Waals surface area contributed by atoms with Gasteiger partial charge in [0.15, 0.2) is 0 Å². The number of rotatable bonds is 4. The van der Waals surface area contributed by atoms with Gasteiger partial charge in [0.2, 0.25) is 0 Å². The van der Waals surface area contributed by atoms with Crippen LogP contribution in [0, 0.1) is 0 Å². The van der Waals surface area contributed by atoms with Crippen LogP contribution >= 0.6 is 0 Å². The molecule has 0 radical (unpaired) electrons. The largest absolute Gasteiger partial charge is 0.508 e. The van der Waals surface area contributed by atoms with E-state index in [1.165, 1.54) is 28.6 Å². The molecule has 0 atom stereocenters. The van der Waals surface area contributed by atoms with Gasteiger partial charge in [-0.1, -0.05) is 30.3 Å². The fraction of sp³-hybridized carbons (Fsp3) is 0.136. The summed E-state index contributed by atoms with van der Waals surface area (Å²) in [5, 5.41) is 12.2. The smallest absolute Gasteiger partial charge is 0.264 e. The van der Waals surface area contributed by atoms with Crippen LogP contribution in [-0.4, -0.2) is 26.0 Å². The van der Waals surface area contributed by atoms with Gasteiger partial charge < -0.3 is 10.4 Å². The van der Waals surface area contributed by atoms with Crippen molar-refractivity contribution in [2.45, 2.75) is 17.7 Å². The molecule has 0 aromatic heterocycles. The van der Waals surface area contributed by atoms with E-state index in [1.54, 1.807) is 24.3 Å². The molecule has 3 aromatic carbocycles. The van der Waals surface area contributed by atoms with Gasteiger partial charge in [0, 0.05) is 23.9 Å². The average molecular weight is 408 g/mol. The van der Waals surface area contributed by atoms with Crippen molar-refractivity contribution in [2.24, 2.45) is 0 Å². The molecule has 0 saturated carbocycles. The second kappa shape index (κ2) is 7.60. The number of nitrogens with one attached hydrogen (secondary N) is 1. The van der Waals surface area contributed by atoms with Gasteiger partial charge in [0.25, 0.3) is 15.9 Å². The first-order chi connectivity index (χ1) is 13.9. The van der Waals surface area contributed by atoms with E-state index in [4.69, 9.17) is 0 Å². The second-order valence-corrected chi connectivity index (χ2v) is 8.70. The molecule has 4 rings (SSSR count). The van der Waals surface area contributed by atoms with Gasteiger partial charge in [-0.15, -0.1) is 0 Å². The normalized spacial score (nSPS) is 13.6. The molecular formula is C22H20N2O4S. The molecule has 0 fully saturated rings. The summed E-state index contributed by atoms with van der Waals surface area (Å²) in [6, 6.07) is 19.6. The maximum atomic E-state index is 13.3. The molecule has 0 aliphatic carbocycles. The number of para-hydroxylation sites is 1. The number of aryl methyl sites for hydroxylation is 1. The van der Waals surface area contributed by atoms with E-state index in [1.807, 2.05) is 24.3 Å². The summed E-state index contributed by atoms with van der Waals surface area (Å²) >= 11 is 0. The highest BCUT2D eigenvalue weighted by atomic mass is 32.2. The number of aromatic hydroxyl groups is 1. The van der Waals surface area contributed by atoms with Crippen molar-refractivity contribution < 1.29 is 18.3 Å². The molecular weight excluding hydrogens is 388 g/mol. The summed E-state index contributed by atoms with van der Waals surface area (Å²) in [6.07, 6.45) is 1.59. The molecule has 148 valence electrons. The molecule has 1 aliphatic rings. The highest BCUT2D eigenvalue weighted by molar-refractivity contribution is 7.92. The molecule has 0 bridgehead atoms. The van der Waals surface area contributed by atoms with Crippen molar-refractivity contribution in [1.29, 1.82) is 0 Å². The van der Waals surface area contributed by atoms with Gasteiger partial charge in [0.1, 0.15) is 5.75 Å². The summed E-state index contributed by atoms with van der Waals surface area (Å²) in [5.41, 5.74) is 2.33. The van der Waals surface area contributed by atoms with E-state index in [-0.39, 0.29) is 16.2 Å². The lowest BCUT2D eigenvalue weighted by atomic mass is 10.0. The first-order valence-electron chi connectivity index (χ1n) is 9.26. The fourth-order valence-electron chi connectivity index (χ4n) is 3.46. The Labute approximate surface area is 169 Å². The third-order valence-corrected chi connectivity index (χ3v) is 6.67. The number of sulfonamides is 1. The number of phenolic OH excluding ortho intramolecular Hbond substituents is 1. The van der Waals surface area contributed by atoms with Crippen molar-refractivity contribution in [2.75, 3.05) is 16.2 Å². The Hall–Kier alpha value is -3.32. The standard InChI is InChI=1S/C22H20N2O4S/c25-19-10-4-9-18(15-19)23-22(26)17-7-3-11-20(14-17)29(27,28)24-13-5-8-16-6-1-2-12-21(16)24/h1-4,6-7,9-12,14-15,25H,5,8,13H2,(H,23,26). The van der Waals surface area contributed by atoms with Crippen LogP contribution in [0.15, 0.2) is 77.7 Å². The Kier molecular flexibility index (Phi) is 4.98. The number of hydrogen-bond acceptors (Lipinski definition) is 4. The van der Waals surface area contributed by atoms with Crippen molar-refractivity contribution >= 4 is 27.3 Å². The van der Waals surface area contributed by atoms with Crippen LogP contribution in [0.2, 0.25) is 0 Å². The third kappa shape index (κ3) is 3.82. The lowest BCUT2D eigenvalue weighted by Crippen LogP contribution is -2.35. The number of carbonyl (C=O) groups excluding carboxylic acids is 1. The molecule has 29 heavy (non-hydrogen) atoms. The van der Waals surface area contributed by atoms with E-state index in [9.17, 15) is 18.3 Å². The number of hydrogen-bond donors (Lipinski definition) is 2. The van der Waals surface area contributed by atoms with Gasteiger partial charge in [-0.05, 0) is 54.8 Å². The van der Waals surface area contributed by atoms with Crippen LogP contribution in [-0.2, 0) is 16.4 Å². The average Bonchev–Trinajstić information content (AvgIpc) is 2.73. The minimum Gasteiger partial charge on any atom is -0.508 e. The number of anilines is 2. The molecule has 0 spiro atoms. The lowest BCUT2D eigenvalue weighted by Gasteiger charge is -2.30. The van der Waals surface area contributed by atoms with Crippen molar-refractivity contribution in [3.63, 3.8) is 0 Å². The Morgan fingerprint density at radius 2 is 1.76 bits per heavy atom. The first-order valence-corrected chi connectivity index (χ1v) is 10.7. The number of phenols is 1. The topological polar surface area (TPSA) is 86.7 Å². The SMILES string of the molecule is O=C(Nc1cccc(O)c1)c1cccc(S(=O)(=O)N2CCCc3ccccc32)c1. The van der Waals surface area contributed by atoms with Crippen molar-refractivity contribution in [3.8, 4) is 5.75 Å². The summed E-state index contributed by atoms with van der Waals surface area (Å²) in [6.45, 7) is 0.402. The molecule has 3 aromatic rings. The quantitative estimate of drug-likeness (QED) is 0.688. The van der Waals surface area contributed by atoms with Crippen LogP contribution < -0.4 is 9.62 Å². The van der Waals surface area contributed by atoms with E-state index in [0.29, 0.717) is 17.9 Å². The maximum absolute atomic E-state index is 13.3. The zero-order valence-electron chi connectivity index (χ0n) is 15.6. The number of carbonyl (C=O) groups is 1. The van der Waals surface area contributed by atoms with Gasteiger partial charge in [-0.2, -0.15) is 0 Å². The fourth-order valence-corrected chi connectivity index (χ4v) is 5.05.